The van der Waals surface area contributed by atoms with E-state index in [-0.39, 0.29) is 11.9 Å². The molecule has 1 aromatic heterocycles. The average molecular weight is 354 g/mol. The van der Waals surface area contributed by atoms with E-state index < -0.39 is 0 Å². The number of hydrogen-bond donors (Lipinski definition) is 2. The van der Waals surface area contributed by atoms with Crippen molar-refractivity contribution >= 4 is 40.2 Å². The number of benzene rings is 2. The maximum Gasteiger partial charge on any atom is 0.258 e. The van der Waals surface area contributed by atoms with Crippen LogP contribution in [0, 0.1) is 6.92 Å². The Bertz CT molecular complexity index is 954. The minimum atomic E-state index is -0.277. The van der Waals surface area contributed by atoms with E-state index in [0.29, 0.717) is 16.4 Å². The summed E-state index contributed by atoms with van der Waals surface area (Å²) >= 11 is 5.86. The summed E-state index contributed by atoms with van der Waals surface area (Å²) < 4.78 is 0. The molecule has 6 nitrogen and oxygen atoms in total. The molecule has 0 spiro atoms. The zero-order valence-corrected chi connectivity index (χ0v) is 14.3. The lowest BCUT2D eigenvalue weighted by atomic mass is 10.1. The summed E-state index contributed by atoms with van der Waals surface area (Å²) in [4.78, 5) is 21.3. The number of hydrazine groups is 1. The summed E-state index contributed by atoms with van der Waals surface area (Å²) in [7, 11) is 0. The van der Waals surface area contributed by atoms with Crippen LogP contribution >= 0.6 is 11.6 Å². The summed E-state index contributed by atoms with van der Waals surface area (Å²) in [5, 5.41) is 6.30. The molecule has 0 bridgehead atoms. The molecule has 0 atom stereocenters. The molecule has 0 unspecified atom stereocenters. The number of anilines is 2. The molecule has 4 rings (SSSR count). The zero-order chi connectivity index (χ0) is 17.4. The van der Waals surface area contributed by atoms with Crippen LogP contribution in [0.1, 0.15) is 15.9 Å². The first-order valence-electron chi connectivity index (χ1n) is 7.95. The maximum absolute atomic E-state index is 12.4. The van der Waals surface area contributed by atoms with Crippen molar-refractivity contribution in [3.05, 3.63) is 58.6 Å². The number of hydrogen-bond acceptors (Lipinski definition) is 5. The molecular formula is C18H16ClN5O. The molecule has 0 saturated carbocycles. The van der Waals surface area contributed by atoms with Crippen LogP contribution < -0.4 is 10.7 Å². The van der Waals surface area contributed by atoms with Crippen molar-refractivity contribution in [2.75, 3.05) is 23.8 Å². The van der Waals surface area contributed by atoms with Crippen LogP contribution in [0.4, 0.5) is 11.8 Å². The van der Waals surface area contributed by atoms with Crippen LogP contribution in [0.25, 0.3) is 10.9 Å². The van der Waals surface area contributed by atoms with E-state index in [9.17, 15) is 4.79 Å². The van der Waals surface area contributed by atoms with Gasteiger partial charge in [0.15, 0.2) is 5.82 Å². The fourth-order valence-corrected chi connectivity index (χ4v) is 2.60. The van der Waals surface area contributed by atoms with Crippen molar-refractivity contribution in [3.63, 3.8) is 0 Å². The third-order valence-corrected chi connectivity index (χ3v) is 4.15. The summed E-state index contributed by atoms with van der Waals surface area (Å²) in [6, 6.07) is 12.6. The molecule has 2 N–H and O–H groups in total. The monoisotopic (exact) mass is 353 g/mol. The molecular weight excluding hydrogens is 338 g/mol. The predicted molar refractivity (Wildman–Crippen MR) is 98.9 cm³/mol. The van der Waals surface area contributed by atoms with Gasteiger partial charge in [0, 0.05) is 29.1 Å². The normalized spacial score (nSPS) is 13.7. The van der Waals surface area contributed by atoms with Crippen molar-refractivity contribution in [2.45, 2.75) is 6.92 Å². The van der Waals surface area contributed by atoms with Gasteiger partial charge in [-0.15, -0.1) is 0 Å². The van der Waals surface area contributed by atoms with Crippen LogP contribution in [0.15, 0.2) is 42.5 Å². The van der Waals surface area contributed by atoms with Crippen molar-refractivity contribution in [1.82, 2.24) is 15.0 Å². The van der Waals surface area contributed by atoms with Crippen molar-refractivity contribution in [3.8, 4) is 0 Å². The first-order chi connectivity index (χ1) is 12.1. The Morgan fingerprint density at radius 1 is 1.12 bits per heavy atom. The molecule has 0 radical (unpaired) electrons. The van der Waals surface area contributed by atoms with Crippen LogP contribution in [0.3, 0.4) is 0 Å². The van der Waals surface area contributed by atoms with Crippen LogP contribution in [-0.2, 0) is 0 Å². The van der Waals surface area contributed by atoms with Gasteiger partial charge in [0.2, 0.25) is 5.95 Å². The van der Waals surface area contributed by atoms with Gasteiger partial charge in [0.05, 0.1) is 5.52 Å². The van der Waals surface area contributed by atoms with E-state index in [1.807, 2.05) is 30.1 Å². The first kappa shape index (κ1) is 15.8. The number of aromatic nitrogens is 2. The Morgan fingerprint density at radius 3 is 2.60 bits per heavy atom. The minimum absolute atomic E-state index is 0.264. The highest BCUT2D eigenvalue weighted by Gasteiger charge is 2.20. The fourth-order valence-electron chi connectivity index (χ4n) is 2.47. The van der Waals surface area contributed by atoms with Gasteiger partial charge < -0.3 is 5.43 Å². The number of rotatable bonds is 4. The highest BCUT2D eigenvalue weighted by atomic mass is 35.5. The molecule has 1 fully saturated rings. The highest BCUT2D eigenvalue weighted by Crippen LogP contribution is 2.25. The largest absolute Gasteiger partial charge is 0.302 e. The van der Waals surface area contributed by atoms with Gasteiger partial charge in [-0.1, -0.05) is 23.2 Å². The molecule has 1 saturated heterocycles. The SMILES string of the molecule is Cc1ccc2nc(NC(=O)c3ccc(Cl)cc3)nc(NN3CC3)c2c1. The van der Waals surface area contributed by atoms with Crippen molar-refractivity contribution in [2.24, 2.45) is 0 Å². The molecule has 126 valence electrons. The number of amides is 1. The maximum atomic E-state index is 12.4. The van der Waals surface area contributed by atoms with E-state index >= 15 is 0 Å². The Balaban J connectivity index is 1.67. The molecule has 7 heteroatoms. The van der Waals surface area contributed by atoms with E-state index in [2.05, 4.69) is 20.7 Å². The second-order valence-electron chi connectivity index (χ2n) is 5.98. The van der Waals surface area contributed by atoms with Gasteiger partial charge >= 0.3 is 0 Å². The number of nitrogens with zero attached hydrogens (tertiary/aromatic N) is 3. The Labute approximate surface area is 149 Å². The Morgan fingerprint density at radius 2 is 1.88 bits per heavy atom. The Hall–Kier alpha value is -2.70. The van der Waals surface area contributed by atoms with Crippen molar-refractivity contribution in [1.29, 1.82) is 0 Å². The number of aryl methyl sites for hydroxylation is 1. The van der Waals surface area contributed by atoms with E-state index in [1.54, 1.807) is 24.3 Å². The van der Waals surface area contributed by atoms with Gasteiger partial charge in [-0.3, -0.25) is 10.1 Å². The lowest BCUT2D eigenvalue weighted by Crippen LogP contribution is -2.16. The number of halogens is 1. The third-order valence-electron chi connectivity index (χ3n) is 3.89. The predicted octanol–water partition coefficient (Wildman–Crippen LogP) is 3.49. The average Bonchev–Trinajstić information content (AvgIpc) is 3.40. The standard InChI is InChI=1S/C18H16ClN5O/c1-11-2-7-15-14(10-11)16(23-24-8-9-24)21-18(20-15)22-17(25)12-3-5-13(19)6-4-12/h2-7,10H,8-9H2,1H3,(H2,20,21,22,23,25). The number of carbonyl (C=O) groups is 1. The third kappa shape index (κ3) is 3.55. The van der Waals surface area contributed by atoms with Gasteiger partial charge in [0.25, 0.3) is 5.91 Å². The molecule has 2 aromatic carbocycles. The van der Waals surface area contributed by atoms with Gasteiger partial charge in [0.1, 0.15) is 0 Å². The molecule has 25 heavy (non-hydrogen) atoms. The smallest absolute Gasteiger partial charge is 0.258 e. The second kappa shape index (κ2) is 6.31. The molecule has 1 amide bonds. The number of carbonyl (C=O) groups excluding carboxylic acids is 1. The van der Waals surface area contributed by atoms with E-state index in [4.69, 9.17) is 11.6 Å². The van der Waals surface area contributed by atoms with Crippen molar-refractivity contribution < 1.29 is 4.79 Å². The van der Waals surface area contributed by atoms with E-state index in [0.717, 1.165) is 29.6 Å². The summed E-state index contributed by atoms with van der Waals surface area (Å²) in [6.07, 6.45) is 0. The lowest BCUT2D eigenvalue weighted by Gasteiger charge is -2.12. The highest BCUT2D eigenvalue weighted by molar-refractivity contribution is 6.30. The quantitative estimate of drug-likeness (QED) is 0.703. The lowest BCUT2D eigenvalue weighted by molar-refractivity contribution is 0.102. The zero-order valence-electron chi connectivity index (χ0n) is 13.6. The number of nitrogens with one attached hydrogen (secondary N) is 2. The van der Waals surface area contributed by atoms with E-state index in [1.165, 1.54) is 0 Å². The number of fused-ring (bicyclic) bond motifs is 1. The van der Waals surface area contributed by atoms with Gasteiger partial charge in [-0.05, 0) is 43.3 Å². The van der Waals surface area contributed by atoms with Gasteiger partial charge in [-0.2, -0.15) is 4.98 Å². The van der Waals surface area contributed by atoms with Crippen LogP contribution in [0.5, 0.6) is 0 Å². The first-order valence-corrected chi connectivity index (χ1v) is 8.33. The molecule has 1 aliphatic rings. The summed E-state index contributed by atoms with van der Waals surface area (Å²) in [5.41, 5.74) is 5.66. The molecule has 1 aliphatic heterocycles. The molecule has 3 aromatic rings. The topological polar surface area (TPSA) is 69.9 Å². The summed E-state index contributed by atoms with van der Waals surface area (Å²) in [5.74, 6) is 0.680. The summed E-state index contributed by atoms with van der Waals surface area (Å²) in [6.45, 7) is 3.98. The Kier molecular flexibility index (Phi) is 3.99. The van der Waals surface area contributed by atoms with Gasteiger partial charge in [-0.25, -0.2) is 9.99 Å². The van der Waals surface area contributed by atoms with Crippen LogP contribution in [-0.4, -0.2) is 34.0 Å². The molecule has 2 heterocycles. The second-order valence-corrected chi connectivity index (χ2v) is 6.41. The van der Waals surface area contributed by atoms with Crippen LogP contribution in [0.2, 0.25) is 5.02 Å². The molecule has 0 aliphatic carbocycles. The fraction of sp³-hybridized carbons (Fsp3) is 0.167. The minimum Gasteiger partial charge on any atom is -0.302 e.